The summed E-state index contributed by atoms with van der Waals surface area (Å²) in [5, 5.41) is 0. The smallest absolute Gasteiger partial charge is 0.131 e. The van der Waals surface area contributed by atoms with Gasteiger partial charge in [-0.15, -0.1) is 0 Å². The summed E-state index contributed by atoms with van der Waals surface area (Å²) in [6.45, 7) is 1.77. The summed E-state index contributed by atoms with van der Waals surface area (Å²) in [6, 6.07) is 12.8. The van der Waals surface area contributed by atoms with Crippen molar-refractivity contribution in [1.82, 2.24) is 4.90 Å². The molecule has 0 aliphatic heterocycles. The van der Waals surface area contributed by atoms with E-state index in [9.17, 15) is 0 Å². The van der Waals surface area contributed by atoms with Crippen molar-refractivity contribution in [3.05, 3.63) is 42.5 Å². The maximum Gasteiger partial charge on any atom is 0.131 e. The van der Waals surface area contributed by atoms with Crippen LogP contribution in [0.25, 0.3) is 0 Å². The van der Waals surface area contributed by atoms with E-state index in [1.54, 1.807) is 18.2 Å². The van der Waals surface area contributed by atoms with Gasteiger partial charge in [0.15, 0.2) is 0 Å². The van der Waals surface area contributed by atoms with Crippen molar-refractivity contribution in [1.29, 1.82) is 0 Å². The van der Waals surface area contributed by atoms with Crippen LogP contribution in [-0.4, -0.2) is 32.1 Å². The minimum Gasteiger partial charge on any atom is -0.493 e. The SMILES string of the molecule is CN(C)CCCCOc1cccc(Oc2ccc(N)c(N)c2)c1. The quantitative estimate of drug-likeness (QED) is 0.577. The normalized spacial score (nSPS) is 10.7. The summed E-state index contributed by atoms with van der Waals surface area (Å²) < 4.78 is 11.6. The van der Waals surface area contributed by atoms with Gasteiger partial charge in [0, 0.05) is 12.1 Å². The molecular formula is C18H25N3O2. The number of nitrogens with two attached hydrogens (primary N) is 2. The molecule has 124 valence electrons. The minimum atomic E-state index is 0.510. The first kappa shape index (κ1) is 17.0. The van der Waals surface area contributed by atoms with E-state index in [0.29, 0.717) is 29.5 Å². The zero-order valence-electron chi connectivity index (χ0n) is 13.8. The second kappa shape index (κ2) is 8.29. The van der Waals surface area contributed by atoms with Gasteiger partial charge in [-0.1, -0.05) is 6.07 Å². The Morgan fingerprint density at radius 3 is 2.35 bits per heavy atom. The highest BCUT2D eigenvalue weighted by Gasteiger charge is 2.02. The lowest BCUT2D eigenvalue weighted by Gasteiger charge is -2.11. The molecular weight excluding hydrogens is 290 g/mol. The summed E-state index contributed by atoms with van der Waals surface area (Å²) in [7, 11) is 4.15. The average molecular weight is 315 g/mol. The Morgan fingerprint density at radius 2 is 1.61 bits per heavy atom. The molecule has 5 heteroatoms. The summed E-state index contributed by atoms with van der Waals surface area (Å²) in [5.41, 5.74) is 12.5. The van der Waals surface area contributed by atoms with Crippen molar-refractivity contribution in [2.24, 2.45) is 0 Å². The van der Waals surface area contributed by atoms with E-state index >= 15 is 0 Å². The van der Waals surface area contributed by atoms with E-state index < -0.39 is 0 Å². The number of nitrogen functional groups attached to an aromatic ring is 2. The van der Waals surface area contributed by atoms with Crippen LogP contribution in [0.3, 0.4) is 0 Å². The molecule has 2 rings (SSSR count). The van der Waals surface area contributed by atoms with Gasteiger partial charge < -0.3 is 25.8 Å². The number of rotatable bonds is 8. The van der Waals surface area contributed by atoms with Gasteiger partial charge in [-0.25, -0.2) is 0 Å². The largest absolute Gasteiger partial charge is 0.493 e. The number of ether oxygens (including phenoxy) is 2. The van der Waals surface area contributed by atoms with Crippen LogP contribution in [0.2, 0.25) is 0 Å². The first-order chi connectivity index (χ1) is 11.0. The van der Waals surface area contributed by atoms with Gasteiger partial charge in [0.1, 0.15) is 17.2 Å². The molecule has 0 spiro atoms. The Balaban J connectivity index is 1.87. The fourth-order valence-corrected chi connectivity index (χ4v) is 2.10. The highest BCUT2D eigenvalue weighted by atomic mass is 16.5. The van der Waals surface area contributed by atoms with Gasteiger partial charge in [-0.05, 0) is 57.7 Å². The number of benzene rings is 2. The topological polar surface area (TPSA) is 73.7 Å². The Kier molecular flexibility index (Phi) is 6.11. The van der Waals surface area contributed by atoms with Gasteiger partial charge in [-0.2, -0.15) is 0 Å². The van der Waals surface area contributed by atoms with E-state index in [-0.39, 0.29) is 0 Å². The number of nitrogens with zero attached hydrogens (tertiary/aromatic N) is 1. The molecule has 0 atom stereocenters. The zero-order chi connectivity index (χ0) is 16.7. The lowest BCUT2D eigenvalue weighted by atomic mass is 10.2. The van der Waals surface area contributed by atoms with E-state index in [0.717, 1.165) is 25.1 Å². The Hall–Kier alpha value is -2.40. The molecule has 0 aromatic heterocycles. The summed E-state index contributed by atoms with van der Waals surface area (Å²) in [6.07, 6.45) is 2.14. The molecule has 23 heavy (non-hydrogen) atoms. The molecule has 2 aromatic rings. The second-order valence-electron chi connectivity index (χ2n) is 5.73. The Bertz CT molecular complexity index is 629. The van der Waals surface area contributed by atoms with Crippen LogP contribution in [0.5, 0.6) is 17.2 Å². The highest BCUT2D eigenvalue weighted by Crippen LogP contribution is 2.28. The van der Waals surface area contributed by atoms with Crippen LogP contribution >= 0.6 is 0 Å². The summed E-state index contributed by atoms with van der Waals surface area (Å²) >= 11 is 0. The van der Waals surface area contributed by atoms with Crippen molar-refractivity contribution in [2.45, 2.75) is 12.8 Å². The molecule has 0 fully saturated rings. The molecule has 0 saturated carbocycles. The number of hydrogen-bond acceptors (Lipinski definition) is 5. The third kappa shape index (κ3) is 5.71. The van der Waals surface area contributed by atoms with Crippen LogP contribution in [0.4, 0.5) is 11.4 Å². The summed E-state index contributed by atoms with van der Waals surface area (Å²) in [5.74, 6) is 2.16. The van der Waals surface area contributed by atoms with Gasteiger partial charge in [-0.3, -0.25) is 0 Å². The van der Waals surface area contributed by atoms with Crippen LogP contribution in [0.1, 0.15) is 12.8 Å². The summed E-state index contributed by atoms with van der Waals surface area (Å²) in [4.78, 5) is 2.17. The van der Waals surface area contributed by atoms with Crippen molar-refractivity contribution >= 4 is 11.4 Å². The van der Waals surface area contributed by atoms with E-state index in [1.165, 1.54) is 0 Å². The Morgan fingerprint density at radius 1 is 0.870 bits per heavy atom. The van der Waals surface area contributed by atoms with Crippen LogP contribution in [-0.2, 0) is 0 Å². The maximum absolute atomic E-state index is 5.79. The van der Waals surface area contributed by atoms with E-state index in [1.807, 2.05) is 24.3 Å². The number of anilines is 2. The standard InChI is InChI=1S/C18H25N3O2/c1-21(2)10-3-4-11-22-14-6-5-7-15(12-14)23-16-8-9-17(19)18(20)13-16/h5-9,12-13H,3-4,10-11,19-20H2,1-2H3. The molecule has 0 saturated heterocycles. The van der Waals surface area contributed by atoms with Crippen molar-refractivity contribution in [3.63, 3.8) is 0 Å². The molecule has 2 aromatic carbocycles. The first-order valence-corrected chi connectivity index (χ1v) is 7.75. The second-order valence-corrected chi connectivity index (χ2v) is 5.73. The lowest BCUT2D eigenvalue weighted by molar-refractivity contribution is 0.292. The van der Waals surface area contributed by atoms with Gasteiger partial charge in [0.2, 0.25) is 0 Å². The predicted molar refractivity (Wildman–Crippen MR) is 95.1 cm³/mol. The van der Waals surface area contributed by atoms with E-state index in [4.69, 9.17) is 20.9 Å². The van der Waals surface area contributed by atoms with Gasteiger partial charge >= 0.3 is 0 Å². The first-order valence-electron chi connectivity index (χ1n) is 7.75. The van der Waals surface area contributed by atoms with Crippen molar-refractivity contribution in [2.75, 3.05) is 38.7 Å². The fraction of sp³-hybridized carbons (Fsp3) is 0.333. The fourth-order valence-electron chi connectivity index (χ4n) is 2.10. The molecule has 0 heterocycles. The molecule has 0 unspecified atom stereocenters. The molecule has 0 aliphatic rings. The van der Waals surface area contributed by atoms with E-state index in [2.05, 4.69) is 19.0 Å². The van der Waals surface area contributed by atoms with Crippen LogP contribution < -0.4 is 20.9 Å². The zero-order valence-corrected chi connectivity index (χ0v) is 13.8. The lowest BCUT2D eigenvalue weighted by Crippen LogP contribution is -2.13. The third-order valence-electron chi connectivity index (χ3n) is 3.37. The van der Waals surface area contributed by atoms with Crippen molar-refractivity contribution in [3.8, 4) is 17.2 Å². The molecule has 0 radical (unpaired) electrons. The van der Waals surface area contributed by atoms with Crippen LogP contribution in [0, 0.1) is 0 Å². The predicted octanol–water partition coefficient (Wildman–Crippen LogP) is 3.36. The molecule has 4 N–H and O–H groups in total. The van der Waals surface area contributed by atoms with Crippen LogP contribution in [0.15, 0.2) is 42.5 Å². The molecule has 0 amide bonds. The molecule has 0 bridgehead atoms. The third-order valence-corrected chi connectivity index (χ3v) is 3.37. The molecule has 5 nitrogen and oxygen atoms in total. The molecule has 0 aliphatic carbocycles. The van der Waals surface area contributed by atoms with Gasteiger partial charge in [0.05, 0.1) is 18.0 Å². The highest BCUT2D eigenvalue weighted by molar-refractivity contribution is 5.65. The minimum absolute atomic E-state index is 0.510. The number of unbranched alkanes of at least 4 members (excludes halogenated alkanes) is 1. The average Bonchev–Trinajstić information content (AvgIpc) is 2.51. The van der Waals surface area contributed by atoms with Gasteiger partial charge in [0.25, 0.3) is 0 Å². The van der Waals surface area contributed by atoms with Crippen molar-refractivity contribution < 1.29 is 9.47 Å². The maximum atomic E-state index is 5.79. The Labute approximate surface area is 137 Å². The number of hydrogen-bond donors (Lipinski definition) is 2. The monoisotopic (exact) mass is 315 g/mol.